The van der Waals surface area contributed by atoms with Crippen LogP contribution in [0.1, 0.15) is 0 Å². The topological polar surface area (TPSA) is 0 Å². The fraction of sp³-hybridized carbons (Fsp3) is 0. The Hall–Kier alpha value is -2.09. The number of benzene rings is 3. The Morgan fingerprint density at radius 2 is 1.50 bits per heavy atom. The van der Waals surface area contributed by atoms with Gasteiger partial charge in [-0.1, -0.05) is 47.9 Å². The summed E-state index contributed by atoms with van der Waals surface area (Å²) in [6.45, 7) is 0. The molecular formula is C16H12BF. The number of hydrogen-bond acceptors (Lipinski definition) is 0. The Morgan fingerprint density at radius 3 is 2.28 bits per heavy atom. The fourth-order valence-corrected chi connectivity index (χ4v) is 2.27. The molecule has 0 saturated carbocycles. The van der Waals surface area contributed by atoms with Crippen molar-refractivity contribution in [2.24, 2.45) is 0 Å². The Bertz CT molecular complexity index is 699. The molecule has 0 amide bonds. The van der Waals surface area contributed by atoms with Gasteiger partial charge in [-0.25, -0.2) is 4.39 Å². The predicted octanol–water partition coefficient (Wildman–Crippen LogP) is 2.90. The molecular weight excluding hydrogens is 222 g/mol. The van der Waals surface area contributed by atoms with Crippen molar-refractivity contribution in [3.8, 4) is 11.1 Å². The third-order valence-corrected chi connectivity index (χ3v) is 3.12. The molecule has 0 atom stereocenters. The lowest BCUT2D eigenvalue weighted by atomic mass is 9.91. The largest absolute Gasteiger partial charge is 0.207 e. The Labute approximate surface area is 106 Å². The molecule has 0 aromatic heterocycles. The van der Waals surface area contributed by atoms with Gasteiger partial charge in [-0.3, -0.25) is 0 Å². The molecule has 0 spiro atoms. The lowest BCUT2D eigenvalue weighted by Crippen LogP contribution is -2.02. The van der Waals surface area contributed by atoms with Crippen LogP contribution in [0.2, 0.25) is 0 Å². The summed E-state index contributed by atoms with van der Waals surface area (Å²) in [7, 11) is 1.91. The molecule has 0 heterocycles. The predicted molar refractivity (Wildman–Crippen MR) is 77.5 cm³/mol. The van der Waals surface area contributed by atoms with Crippen LogP contribution in [0, 0.1) is 5.82 Å². The molecule has 0 aliphatic heterocycles. The molecule has 0 radical (unpaired) electrons. The average Bonchev–Trinajstić information content (AvgIpc) is 2.37. The molecule has 3 aromatic carbocycles. The molecule has 86 valence electrons. The summed E-state index contributed by atoms with van der Waals surface area (Å²) < 4.78 is 13.4. The van der Waals surface area contributed by atoms with E-state index in [1.807, 2.05) is 32.1 Å². The van der Waals surface area contributed by atoms with E-state index in [0.29, 0.717) is 0 Å². The molecule has 0 fully saturated rings. The van der Waals surface area contributed by atoms with Crippen molar-refractivity contribution in [2.75, 3.05) is 0 Å². The highest BCUT2D eigenvalue weighted by Gasteiger charge is 2.02. The molecule has 0 aliphatic rings. The van der Waals surface area contributed by atoms with Gasteiger partial charge in [0.2, 0.25) is 0 Å². The number of fused-ring (bicyclic) bond motifs is 1. The third kappa shape index (κ3) is 2.02. The summed E-state index contributed by atoms with van der Waals surface area (Å²) in [5, 5.41) is 2.38. The Kier molecular flexibility index (Phi) is 2.64. The second-order valence-electron chi connectivity index (χ2n) is 4.58. The van der Waals surface area contributed by atoms with Crippen molar-refractivity contribution < 1.29 is 4.39 Å². The first-order valence-electron chi connectivity index (χ1n) is 5.99. The zero-order chi connectivity index (χ0) is 12.5. The molecule has 0 aliphatic carbocycles. The van der Waals surface area contributed by atoms with Gasteiger partial charge in [0.1, 0.15) is 13.7 Å². The van der Waals surface area contributed by atoms with E-state index in [-0.39, 0.29) is 5.82 Å². The number of hydrogen-bond donors (Lipinski definition) is 0. The van der Waals surface area contributed by atoms with E-state index < -0.39 is 0 Å². The van der Waals surface area contributed by atoms with Crippen molar-refractivity contribution >= 4 is 24.1 Å². The van der Waals surface area contributed by atoms with E-state index >= 15 is 0 Å². The molecule has 0 saturated heterocycles. The van der Waals surface area contributed by atoms with Gasteiger partial charge in [0.15, 0.2) is 0 Å². The van der Waals surface area contributed by atoms with Crippen molar-refractivity contribution in [3.05, 3.63) is 66.5 Å². The summed E-state index contributed by atoms with van der Waals surface area (Å²) in [4.78, 5) is 0. The highest BCUT2D eigenvalue weighted by molar-refractivity contribution is 6.32. The van der Waals surface area contributed by atoms with Gasteiger partial charge in [0, 0.05) is 0 Å². The number of rotatable bonds is 1. The summed E-state index contributed by atoms with van der Waals surface area (Å²) in [5.41, 5.74) is 2.92. The zero-order valence-corrected chi connectivity index (χ0v) is 10.2. The molecule has 3 aromatic rings. The van der Waals surface area contributed by atoms with Crippen molar-refractivity contribution in [3.63, 3.8) is 0 Å². The maximum atomic E-state index is 13.4. The van der Waals surface area contributed by atoms with Crippen LogP contribution in [0.25, 0.3) is 21.9 Å². The molecule has 0 N–H and O–H groups in total. The average molecular weight is 234 g/mol. The van der Waals surface area contributed by atoms with Gasteiger partial charge >= 0.3 is 0 Å². The van der Waals surface area contributed by atoms with E-state index in [2.05, 4.69) is 24.3 Å². The van der Waals surface area contributed by atoms with Crippen LogP contribution in [0.3, 0.4) is 0 Å². The van der Waals surface area contributed by atoms with Crippen LogP contribution < -0.4 is 5.46 Å². The highest BCUT2D eigenvalue weighted by Crippen LogP contribution is 2.24. The maximum Gasteiger partial charge on any atom is 0.139 e. The minimum Gasteiger partial charge on any atom is -0.207 e. The number of halogens is 1. The molecule has 3 rings (SSSR count). The summed E-state index contributed by atoms with van der Waals surface area (Å²) in [5.74, 6) is -0.182. The first kappa shape index (κ1) is 11.0. The smallest absolute Gasteiger partial charge is 0.139 e. The third-order valence-electron chi connectivity index (χ3n) is 3.12. The zero-order valence-electron chi connectivity index (χ0n) is 10.2. The van der Waals surface area contributed by atoms with Crippen LogP contribution in [-0.2, 0) is 0 Å². The van der Waals surface area contributed by atoms with Crippen molar-refractivity contribution in [1.82, 2.24) is 0 Å². The van der Waals surface area contributed by atoms with Gasteiger partial charge in [-0.15, -0.1) is 0 Å². The van der Waals surface area contributed by atoms with E-state index in [0.717, 1.165) is 16.6 Å². The molecule has 0 nitrogen and oxygen atoms in total. The minimum atomic E-state index is -0.182. The van der Waals surface area contributed by atoms with Crippen LogP contribution in [0.15, 0.2) is 60.7 Å². The molecule has 0 bridgehead atoms. The van der Waals surface area contributed by atoms with Gasteiger partial charge in [0.05, 0.1) is 0 Å². The van der Waals surface area contributed by atoms with E-state index in [9.17, 15) is 4.39 Å². The van der Waals surface area contributed by atoms with Crippen molar-refractivity contribution in [1.29, 1.82) is 0 Å². The lowest BCUT2D eigenvalue weighted by Gasteiger charge is -2.06. The minimum absolute atomic E-state index is 0.182. The summed E-state index contributed by atoms with van der Waals surface area (Å²) in [6.07, 6.45) is 0. The van der Waals surface area contributed by atoms with Gasteiger partial charge < -0.3 is 0 Å². The van der Waals surface area contributed by atoms with Crippen molar-refractivity contribution in [2.45, 2.75) is 0 Å². The summed E-state index contributed by atoms with van der Waals surface area (Å²) >= 11 is 0. The second kappa shape index (κ2) is 4.30. The van der Waals surface area contributed by atoms with E-state index in [1.165, 1.54) is 10.8 Å². The van der Waals surface area contributed by atoms with Crippen LogP contribution >= 0.6 is 0 Å². The molecule has 2 heteroatoms. The Morgan fingerprint density at radius 1 is 0.722 bits per heavy atom. The fourth-order valence-electron chi connectivity index (χ4n) is 2.27. The van der Waals surface area contributed by atoms with Gasteiger partial charge in [-0.05, 0) is 40.1 Å². The maximum absolute atomic E-state index is 13.4. The van der Waals surface area contributed by atoms with Crippen LogP contribution in [-0.4, -0.2) is 7.85 Å². The molecule has 18 heavy (non-hydrogen) atoms. The Balaban J connectivity index is 2.19. The quantitative estimate of drug-likeness (QED) is 0.568. The van der Waals surface area contributed by atoms with Crippen LogP contribution in [0.4, 0.5) is 4.39 Å². The first-order valence-corrected chi connectivity index (χ1v) is 5.99. The van der Waals surface area contributed by atoms with E-state index in [1.54, 1.807) is 12.1 Å². The van der Waals surface area contributed by atoms with E-state index in [4.69, 9.17) is 0 Å². The normalized spacial score (nSPS) is 10.7. The summed E-state index contributed by atoms with van der Waals surface area (Å²) in [6, 6.07) is 19.5. The van der Waals surface area contributed by atoms with Gasteiger partial charge in [-0.2, -0.15) is 0 Å². The van der Waals surface area contributed by atoms with Gasteiger partial charge in [0.25, 0.3) is 0 Å². The SMILES string of the molecule is Bc1cc(F)cc(-c2ccc3ccccc3c2)c1. The second-order valence-corrected chi connectivity index (χ2v) is 4.58. The first-order chi connectivity index (χ1) is 8.72. The molecule has 0 unspecified atom stereocenters. The highest BCUT2D eigenvalue weighted by atomic mass is 19.1. The standard InChI is InChI=1S/C16H12BF/c17-15-8-14(9-16(18)10-15)13-6-5-11-3-1-2-4-12(11)7-13/h1-10H,17H2. The van der Waals surface area contributed by atoms with Crippen LogP contribution in [0.5, 0.6) is 0 Å². The lowest BCUT2D eigenvalue weighted by molar-refractivity contribution is 0.629. The monoisotopic (exact) mass is 234 g/mol.